The summed E-state index contributed by atoms with van der Waals surface area (Å²) in [7, 11) is 1.75. The second-order valence-electron chi connectivity index (χ2n) is 5.44. The van der Waals surface area contributed by atoms with Crippen LogP contribution in [0.1, 0.15) is 12.0 Å². The highest BCUT2D eigenvalue weighted by Gasteiger charge is 2.22. The molecule has 5 nitrogen and oxygen atoms in total. The van der Waals surface area contributed by atoms with Gasteiger partial charge in [-0.3, -0.25) is 4.90 Å². The third-order valence-corrected chi connectivity index (χ3v) is 5.57. The highest BCUT2D eigenvalue weighted by atomic mass is 35.5. The maximum absolute atomic E-state index is 12.1. The molecule has 1 aromatic rings. The van der Waals surface area contributed by atoms with Gasteiger partial charge in [0.15, 0.2) is 0 Å². The Morgan fingerprint density at radius 1 is 1.38 bits per heavy atom. The predicted octanol–water partition coefficient (Wildman–Crippen LogP) is 1.15. The smallest absolute Gasteiger partial charge is 0.242 e. The summed E-state index contributed by atoms with van der Waals surface area (Å²) in [6, 6.07) is 7.78. The third kappa shape index (κ3) is 4.40. The van der Waals surface area contributed by atoms with Crippen molar-refractivity contribution in [2.75, 3.05) is 34.2 Å². The highest BCUT2D eigenvalue weighted by molar-refractivity contribution is 7.89. The highest BCUT2D eigenvalue weighted by Crippen LogP contribution is 2.18. The molecule has 1 atom stereocenters. The van der Waals surface area contributed by atoms with Crippen LogP contribution in [0.15, 0.2) is 29.2 Å². The number of nitrogens with zero attached hydrogens (tertiary/aromatic N) is 2. The van der Waals surface area contributed by atoms with E-state index in [-0.39, 0.29) is 12.4 Å². The Labute approximate surface area is 133 Å². The molecule has 0 amide bonds. The van der Waals surface area contributed by atoms with Crippen molar-refractivity contribution >= 4 is 22.4 Å². The van der Waals surface area contributed by atoms with Crippen LogP contribution in [0.25, 0.3) is 0 Å². The van der Waals surface area contributed by atoms with Crippen LogP contribution in [0.4, 0.5) is 0 Å². The van der Waals surface area contributed by atoms with Gasteiger partial charge in [0.05, 0.1) is 4.90 Å². The molecule has 1 aromatic carbocycles. The molecule has 1 aliphatic rings. The summed E-state index contributed by atoms with van der Waals surface area (Å²) in [5.41, 5.74) is 1.05. The van der Waals surface area contributed by atoms with Crippen LogP contribution in [0, 0.1) is 0 Å². The van der Waals surface area contributed by atoms with Crippen LogP contribution in [-0.4, -0.2) is 57.9 Å². The number of rotatable bonds is 5. The van der Waals surface area contributed by atoms with Crippen LogP contribution in [0.2, 0.25) is 0 Å². The van der Waals surface area contributed by atoms with Crippen molar-refractivity contribution in [2.45, 2.75) is 23.9 Å². The molecule has 1 heterocycles. The SMILES string of the molecule is CNC1CCN(Cc2cccc(S(=O)(=O)N(C)C)c2)C1.Cl. The fourth-order valence-electron chi connectivity index (χ4n) is 2.49. The first kappa shape index (κ1) is 18.4. The van der Waals surface area contributed by atoms with Gasteiger partial charge in [-0.05, 0) is 31.2 Å². The van der Waals surface area contributed by atoms with Gasteiger partial charge in [-0.15, -0.1) is 12.4 Å². The zero-order valence-corrected chi connectivity index (χ0v) is 14.4. The molecule has 1 N–H and O–H groups in total. The Morgan fingerprint density at radius 3 is 2.67 bits per heavy atom. The first-order valence-corrected chi connectivity index (χ1v) is 8.28. The molecule has 0 aliphatic carbocycles. The number of hydrogen-bond acceptors (Lipinski definition) is 4. The molecule has 1 aliphatic heterocycles. The van der Waals surface area contributed by atoms with Crippen LogP contribution in [0.5, 0.6) is 0 Å². The fourth-order valence-corrected chi connectivity index (χ4v) is 3.46. The lowest BCUT2D eigenvalue weighted by molar-refractivity contribution is 0.322. The topological polar surface area (TPSA) is 52.7 Å². The third-order valence-electron chi connectivity index (χ3n) is 3.76. The zero-order valence-electron chi connectivity index (χ0n) is 12.7. The van der Waals surface area contributed by atoms with E-state index in [1.54, 1.807) is 26.2 Å². The number of benzene rings is 1. The van der Waals surface area contributed by atoms with E-state index in [0.717, 1.165) is 31.6 Å². The maximum Gasteiger partial charge on any atom is 0.242 e. The van der Waals surface area contributed by atoms with Crippen molar-refractivity contribution in [3.63, 3.8) is 0 Å². The molecule has 1 unspecified atom stereocenters. The maximum atomic E-state index is 12.1. The van der Waals surface area contributed by atoms with Crippen molar-refractivity contribution in [2.24, 2.45) is 0 Å². The van der Waals surface area contributed by atoms with E-state index in [9.17, 15) is 8.42 Å². The van der Waals surface area contributed by atoms with Crippen molar-refractivity contribution in [3.05, 3.63) is 29.8 Å². The first-order valence-electron chi connectivity index (χ1n) is 6.84. The number of hydrogen-bond donors (Lipinski definition) is 1. The van der Waals surface area contributed by atoms with Crippen molar-refractivity contribution < 1.29 is 8.42 Å². The molecule has 7 heteroatoms. The summed E-state index contributed by atoms with van der Waals surface area (Å²) >= 11 is 0. The van der Waals surface area contributed by atoms with Crippen molar-refractivity contribution in [3.8, 4) is 0 Å². The van der Waals surface area contributed by atoms with Gasteiger partial charge in [0.1, 0.15) is 0 Å². The van der Waals surface area contributed by atoms with Gasteiger partial charge in [-0.1, -0.05) is 12.1 Å². The minimum absolute atomic E-state index is 0. The molecule has 1 fully saturated rings. The predicted molar refractivity (Wildman–Crippen MR) is 87.3 cm³/mol. The van der Waals surface area contributed by atoms with E-state index in [4.69, 9.17) is 0 Å². The standard InChI is InChI=1S/C14H23N3O2S.ClH/c1-15-13-7-8-17(11-13)10-12-5-4-6-14(9-12)20(18,19)16(2)3;/h4-6,9,13,15H,7-8,10-11H2,1-3H3;1H. The fraction of sp³-hybridized carbons (Fsp3) is 0.571. The second kappa shape index (κ2) is 7.56. The quantitative estimate of drug-likeness (QED) is 0.878. The lowest BCUT2D eigenvalue weighted by Gasteiger charge is -2.17. The van der Waals surface area contributed by atoms with Gasteiger partial charge in [0.2, 0.25) is 10.0 Å². The Bertz CT molecular complexity index is 563. The molecule has 21 heavy (non-hydrogen) atoms. The van der Waals surface area contributed by atoms with Crippen LogP contribution >= 0.6 is 12.4 Å². The number of nitrogens with one attached hydrogen (secondary N) is 1. The summed E-state index contributed by atoms with van der Waals surface area (Å²) in [6.07, 6.45) is 1.15. The molecule has 0 saturated carbocycles. The average Bonchev–Trinajstić information content (AvgIpc) is 2.86. The minimum atomic E-state index is -3.35. The minimum Gasteiger partial charge on any atom is -0.316 e. The summed E-state index contributed by atoms with van der Waals surface area (Å²) < 4.78 is 25.5. The normalized spacial score (nSPS) is 19.7. The molecule has 0 radical (unpaired) electrons. The molecule has 0 aromatic heterocycles. The summed E-state index contributed by atoms with van der Waals surface area (Å²) in [6.45, 7) is 2.87. The van der Waals surface area contributed by atoms with E-state index in [1.807, 2.05) is 19.2 Å². The van der Waals surface area contributed by atoms with Gasteiger partial charge >= 0.3 is 0 Å². The molecule has 0 bridgehead atoms. The van der Waals surface area contributed by atoms with E-state index in [0.29, 0.717) is 10.9 Å². The number of halogens is 1. The van der Waals surface area contributed by atoms with Crippen LogP contribution < -0.4 is 5.32 Å². The Balaban J connectivity index is 0.00000220. The number of sulfonamides is 1. The lowest BCUT2D eigenvalue weighted by atomic mass is 10.2. The Kier molecular flexibility index (Phi) is 6.62. The van der Waals surface area contributed by atoms with Crippen LogP contribution in [-0.2, 0) is 16.6 Å². The van der Waals surface area contributed by atoms with E-state index >= 15 is 0 Å². The monoisotopic (exact) mass is 333 g/mol. The van der Waals surface area contributed by atoms with E-state index in [1.165, 1.54) is 4.31 Å². The molecule has 0 spiro atoms. The number of likely N-dealkylation sites (tertiary alicyclic amines) is 1. The van der Waals surface area contributed by atoms with Crippen molar-refractivity contribution in [1.82, 2.24) is 14.5 Å². The second-order valence-corrected chi connectivity index (χ2v) is 7.60. The summed E-state index contributed by atoms with van der Waals surface area (Å²) in [5, 5.41) is 3.29. The molecule has 120 valence electrons. The Morgan fingerprint density at radius 2 is 2.10 bits per heavy atom. The average molecular weight is 334 g/mol. The zero-order chi connectivity index (χ0) is 14.8. The van der Waals surface area contributed by atoms with Gasteiger partial charge in [0, 0.05) is 39.8 Å². The van der Waals surface area contributed by atoms with E-state index in [2.05, 4.69) is 10.2 Å². The van der Waals surface area contributed by atoms with Gasteiger partial charge in [-0.25, -0.2) is 12.7 Å². The van der Waals surface area contributed by atoms with Gasteiger partial charge in [0.25, 0.3) is 0 Å². The molecular weight excluding hydrogens is 310 g/mol. The first-order chi connectivity index (χ1) is 9.43. The lowest BCUT2D eigenvalue weighted by Crippen LogP contribution is -2.29. The van der Waals surface area contributed by atoms with Gasteiger partial charge in [-0.2, -0.15) is 0 Å². The summed E-state index contributed by atoms with van der Waals surface area (Å²) in [4.78, 5) is 2.71. The molecule has 2 rings (SSSR count). The summed E-state index contributed by atoms with van der Waals surface area (Å²) in [5.74, 6) is 0. The largest absolute Gasteiger partial charge is 0.316 e. The van der Waals surface area contributed by atoms with Crippen LogP contribution in [0.3, 0.4) is 0 Å². The Hall–Kier alpha value is -0.660. The van der Waals surface area contributed by atoms with Gasteiger partial charge < -0.3 is 5.32 Å². The number of likely N-dealkylation sites (N-methyl/N-ethyl adjacent to an activating group) is 1. The van der Waals surface area contributed by atoms with Crippen molar-refractivity contribution in [1.29, 1.82) is 0 Å². The van der Waals surface area contributed by atoms with E-state index < -0.39 is 10.0 Å². The molecule has 1 saturated heterocycles. The molecular formula is C14H24ClN3O2S.